The van der Waals surface area contributed by atoms with Crippen molar-refractivity contribution in [1.29, 1.82) is 0 Å². The van der Waals surface area contributed by atoms with Crippen molar-refractivity contribution in [3.63, 3.8) is 0 Å². The van der Waals surface area contributed by atoms with E-state index in [-0.39, 0.29) is 23.6 Å². The Balaban J connectivity index is 1.61. The third kappa shape index (κ3) is 4.81. The number of hydrogen-bond donors (Lipinski definition) is 2. The van der Waals surface area contributed by atoms with Gasteiger partial charge in [-0.1, -0.05) is 18.2 Å². The number of nitrogens with zero attached hydrogens (tertiary/aromatic N) is 3. The zero-order valence-corrected chi connectivity index (χ0v) is 17.3. The molecule has 0 aliphatic rings. The zero-order chi connectivity index (χ0) is 21.7. The molecule has 10 nitrogen and oxygen atoms in total. The van der Waals surface area contributed by atoms with Crippen molar-refractivity contribution in [2.24, 2.45) is 5.10 Å². The number of amides is 1. The van der Waals surface area contributed by atoms with Gasteiger partial charge in [0.2, 0.25) is 0 Å². The number of H-pyrrole nitrogens is 1. The van der Waals surface area contributed by atoms with Gasteiger partial charge < -0.3 is 4.74 Å². The Morgan fingerprint density at radius 1 is 1.33 bits per heavy atom. The number of carbonyl (C=O) groups excluding carboxylic acids is 1. The molecule has 3 aromatic rings. The van der Waals surface area contributed by atoms with Gasteiger partial charge in [-0.15, -0.1) is 0 Å². The Kier molecular flexibility index (Phi) is 6.42. The number of para-hydroxylation sites is 1. The van der Waals surface area contributed by atoms with Crippen LogP contribution in [0.5, 0.6) is 5.75 Å². The van der Waals surface area contributed by atoms with E-state index >= 15 is 0 Å². The van der Waals surface area contributed by atoms with Crippen LogP contribution in [-0.4, -0.2) is 33.4 Å². The number of nitro benzene ring substituents is 1. The summed E-state index contributed by atoms with van der Waals surface area (Å²) in [5.41, 5.74) is 3.44. The predicted molar refractivity (Wildman–Crippen MR) is 113 cm³/mol. The molecule has 11 heteroatoms. The van der Waals surface area contributed by atoms with E-state index in [4.69, 9.17) is 4.74 Å². The first-order valence-electron chi connectivity index (χ1n) is 8.62. The van der Waals surface area contributed by atoms with Gasteiger partial charge >= 0.3 is 0 Å². The quantitative estimate of drug-likeness (QED) is 0.309. The monoisotopic (exact) mass is 473 g/mol. The van der Waals surface area contributed by atoms with E-state index in [9.17, 15) is 19.7 Å². The molecule has 0 fully saturated rings. The maximum atomic E-state index is 12.5. The maximum Gasteiger partial charge on any atom is 0.280 e. The number of aromatic nitrogens is 2. The van der Waals surface area contributed by atoms with Crippen LogP contribution in [-0.2, 0) is 4.79 Å². The molecule has 0 unspecified atom stereocenters. The topological polar surface area (TPSA) is 132 Å². The minimum absolute atomic E-state index is 0.105. The van der Waals surface area contributed by atoms with Gasteiger partial charge in [0.05, 0.1) is 26.9 Å². The highest BCUT2D eigenvalue weighted by Gasteiger charge is 2.12. The second kappa shape index (κ2) is 9.18. The number of aryl methyl sites for hydroxylation is 1. The second-order valence-electron chi connectivity index (χ2n) is 6.08. The molecular weight excluding hydrogens is 458 g/mol. The van der Waals surface area contributed by atoms with Crippen molar-refractivity contribution >= 4 is 33.7 Å². The highest BCUT2D eigenvalue weighted by Crippen LogP contribution is 2.28. The number of hydrazone groups is 1. The van der Waals surface area contributed by atoms with Gasteiger partial charge in [0.15, 0.2) is 6.61 Å². The standard InChI is InChI=1S/C19H16BrN5O5/c1-12-15(19(27)24(23-12)13-5-3-2-4-6-13)10-21-22-18(26)11-30-17-8-7-14(25(28)29)9-16(17)20/h2-10,23H,11H2,1H3,(H,22,26)/b21-10+. The van der Waals surface area contributed by atoms with Crippen LogP contribution >= 0.6 is 15.9 Å². The number of hydrogen-bond acceptors (Lipinski definition) is 6. The van der Waals surface area contributed by atoms with Crippen molar-refractivity contribution in [3.05, 3.63) is 84.7 Å². The van der Waals surface area contributed by atoms with Crippen LogP contribution in [0.2, 0.25) is 0 Å². The Bertz CT molecular complexity index is 1170. The van der Waals surface area contributed by atoms with Gasteiger partial charge in [-0.25, -0.2) is 10.1 Å². The molecule has 0 radical (unpaired) electrons. The molecule has 0 saturated carbocycles. The summed E-state index contributed by atoms with van der Waals surface area (Å²) in [5, 5.41) is 17.5. The Morgan fingerprint density at radius 3 is 2.73 bits per heavy atom. The minimum Gasteiger partial charge on any atom is -0.483 e. The molecule has 0 atom stereocenters. The first-order valence-corrected chi connectivity index (χ1v) is 9.42. The summed E-state index contributed by atoms with van der Waals surface area (Å²) in [5.74, 6) is -0.292. The number of ether oxygens (including phenoxy) is 1. The van der Waals surface area contributed by atoms with Crippen LogP contribution in [0.3, 0.4) is 0 Å². The number of carbonyl (C=O) groups is 1. The molecule has 0 saturated heterocycles. The van der Waals surface area contributed by atoms with E-state index < -0.39 is 10.8 Å². The van der Waals surface area contributed by atoms with E-state index in [2.05, 4.69) is 31.6 Å². The summed E-state index contributed by atoms with van der Waals surface area (Å²) in [6.45, 7) is 1.35. The molecule has 1 amide bonds. The fourth-order valence-electron chi connectivity index (χ4n) is 2.54. The Morgan fingerprint density at radius 2 is 2.07 bits per heavy atom. The van der Waals surface area contributed by atoms with Gasteiger partial charge in [0.25, 0.3) is 17.2 Å². The summed E-state index contributed by atoms with van der Waals surface area (Å²) in [7, 11) is 0. The number of non-ortho nitro benzene ring substituents is 1. The van der Waals surface area contributed by atoms with Gasteiger partial charge in [0, 0.05) is 17.8 Å². The fraction of sp³-hybridized carbons (Fsp3) is 0.105. The van der Waals surface area contributed by atoms with E-state index in [1.54, 1.807) is 19.1 Å². The molecule has 1 heterocycles. The molecule has 2 N–H and O–H groups in total. The van der Waals surface area contributed by atoms with Crippen LogP contribution in [0.1, 0.15) is 11.3 Å². The van der Waals surface area contributed by atoms with Crippen LogP contribution < -0.4 is 15.7 Å². The van der Waals surface area contributed by atoms with Crippen molar-refractivity contribution in [2.45, 2.75) is 6.92 Å². The third-order valence-corrected chi connectivity index (χ3v) is 4.62. The SMILES string of the molecule is Cc1[nH]n(-c2ccccc2)c(=O)c1/C=N/NC(=O)COc1ccc([N+](=O)[O-])cc1Br. The van der Waals surface area contributed by atoms with Gasteiger partial charge in [-0.2, -0.15) is 5.10 Å². The lowest BCUT2D eigenvalue weighted by molar-refractivity contribution is -0.384. The van der Waals surface area contributed by atoms with E-state index in [0.29, 0.717) is 21.4 Å². The number of benzene rings is 2. The minimum atomic E-state index is -0.562. The van der Waals surface area contributed by atoms with E-state index in [1.165, 1.54) is 29.1 Å². The highest BCUT2D eigenvalue weighted by atomic mass is 79.9. The Labute approximate surface area is 178 Å². The zero-order valence-electron chi connectivity index (χ0n) is 15.7. The summed E-state index contributed by atoms with van der Waals surface area (Å²) < 4.78 is 7.05. The normalized spacial score (nSPS) is 10.9. The number of aromatic amines is 1. The van der Waals surface area contributed by atoms with Crippen LogP contribution in [0.15, 0.2) is 62.9 Å². The van der Waals surface area contributed by atoms with Crippen molar-refractivity contribution in [1.82, 2.24) is 15.2 Å². The molecule has 0 spiro atoms. The number of nitrogens with one attached hydrogen (secondary N) is 2. The highest BCUT2D eigenvalue weighted by molar-refractivity contribution is 9.10. The first-order chi connectivity index (χ1) is 14.4. The molecule has 30 heavy (non-hydrogen) atoms. The van der Waals surface area contributed by atoms with Crippen molar-refractivity contribution < 1.29 is 14.5 Å². The fourth-order valence-corrected chi connectivity index (χ4v) is 3.02. The predicted octanol–water partition coefficient (Wildman–Crippen LogP) is 2.67. The summed E-state index contributed by atoms with van der Waals surface area (Å²) in [4.78, 5) is 34.7. The lowest BCUT2D eigenvalue weighted by atomic mass is 10.3. The summed E-state index contributed by atoms with van der Waals surface area (Å²) in [6, 6.07) is 13.0. The maximum absolute atomic E-state index is 12.5. The molecular formula is C19H16BrN5O5. The molecule has 2 aromatic carbocycles. The third-order valence-electron chi connectivity index (χ3n) is 4.00. The van der Waals surface area contributed by atoms with Crippen LogP contribution in [0, 0.1) is 17.0 Å². The summed E-state index contributed by atoms with van der Waals surface area (Å²) in [6.07, 6.45) is 1.26. The second-order valence-corrected chi connectivity index (χ2v) is 6.93. The van der Waals surface area contributed by atoms with Crippen molar-refractivity contribution in [2.75, 3.05) is 6.61 Å². The average Bonchev–Trinajstić information content (AvgIpc) is 3.01. The molecule has 154 valence electrons. The number of rotatable bonds is 7. The van der Waals surface area contributed by atoms with Gasteiger partial charge in [-0.05, 0) is 41.1 Å². The first kappa shape index (κ1) is 21.0. The molecule has 0 bridgehead atoms. The number of halogens is 1. The van der Waals surface area contributed by atoms with E-state index in [1.807, 2.05) is 18.2 Å². The van der Waals surface area contributed by atoms with Crippen LogP contribution in [0.25, 0.3) is 5.69 Å². The van der Waals surface area contributed by atoms with Crippen LogP contribution in [0.4, 0.5) is 5.69 Å². The molecule has 0 aliphatic heterocycles. The largest absolute Gasteiger partial charge is 0.483 e. The lowest BCUT2D eigenvalue weighted by Crippen LogP contribution is -2.25. The number of nitro groups is 1. The lowest BCUT2D eigenvalue weighted by Gasteiger charge is -2.06. The Hall–Kier alpha value is -3.73. The van der Waals surface area contributed by atoms with E-state index in [0.717, 1.165) is 0 Å². The van der Waals surface area contributed by atoms with Crippen molar-refractivity contribution in [3.8, 4) is 11.4 Å². The average molecular weight is 474 g/mol. The molecule has 1 aromatic heterocycles. The molecule has 3 rings (SSSR count). The smallest absolute Gasteiger partial charge is 0.280 e. The van der Waals surface area contributed by atoms with Gasteiger partial charge in [0.1, 0.15) is 5.75 Å². The van der Waals surface area contributed by atoms with Gasteiger partial charge in [-0.3, -0.25) is 24.8 Å². The summed E-state index contributed by atoms with van der Waals surface area (Å²) >= 11 is 3.15. The molecule has 0 aliphatic carbocycles.